The van der Waals surface area contributed by atoms with Crippen LogP contribution >= 0.6 is 11.3 Å². The van der Waals surface area contributed by atoms with Gasteiger partial charge in [-0.15, -0.1) is 0 Å². The van der Waals surface area contributed by atoms with Gasteiger partial charge < -0.3 is 10.4 Å². The molecule has 2 N–H and O–H groups in total. The Morgan fingerprint density at radius 3 is 2.79 bits per heavy atom. The maximum atomic E-state index is 11.2. The zero-order valence-electron chi connectivity index (χ0n) is 7.53. The average Bonchev–Trinajstić information content (AvgIpc) is 2.56. The van der Waals surface area contributed by atoms with Crippen LogP contribution in [-0.2, 0) is 9.59 Å². The first-order chi connectivity index (χ1) is 6.68. The average molecular weight is 213 g/mol. The second-order valence-electron chi connectivity index (χ2n) is 2.81. The van der Waals surface area contributed by atoms with E-state index in [1.165, 1.54) is 11.3 Å². The van der Waals surface area contributed by atoms with Gasteiger partial charge in [0.2, 0.25) is 5.91 Å². The van der Waals surface area contributed by atoms with E-state index in [1.54, 1.807) is 6.07 Å². The normalized spacial score (nSPS) is 9.71. The summed E-state index contributed by atoms with van der Waals surface area (Å²) in [5.41, 5.74) is 0.773. The predicted octanol–water partition coefficient (Wildman–Crippen LogP) is 1.94. The summed E-state index contributed by atoms with van der Waals surface area (Å²) in [6, 6.07) is 1.81. The summed E-state index contributed by atoms with van der Waals surface area (Å²) in [5, 5.41) is 14.7. The summed E-state index contributed by atoms with van der Waals surface area (Å²) in [4.78, 5) is 21.4. The number of carboxylic acid groups (broad SMARTS) is 1. The van der Waals surface area contributed by atoms with Gasteiger partial charge in [0.05, 0.1) is 5.69 Å². The Bertz CT molecular complexity index is 308. The number of amides is 1. The van der Waals surface area contributed by atoms with Crippen molar-refractivity contribution in [3.63, 3.8) is 0 Å². The van der Waals surface area contributed by atoms with Crippen molar-refractivity contribution in [1.82, 2.24) is 0 Å². The largest absolute Gasteiger partial charge is 0.481 e. The second-order valence-corrected chi connectivity index (χ2v) is 3.59. The van der Waals surface area contributed by atoms with Crippen LogP contribution < -0.4 is 5.32 Å². The summed E-state index contributed by atoms with van der Waals surface area (Å²) < 4.78 is 0. The van der Waals surface area contributed by atoms with E-state index in [2.05, 4.69) is 5.32 Å². The molecule has 0 bridgehead atoms. The highest BCUT2D eigenvalue weighted by Crippen LogP contribution is 2.12. The molecule has 4 nitrogen and oxygen atoms in total. The monoisotopic (exact) mass is 213 g/mol. The molecule has 1 heterocycles. The van der Waals surface area contributed by atoms with Crippen LogP contribution in [0.3, 0.4) is 0 Å². The third kappa shape index (κ3) is 4.04. The Balaban J connectivity index is 2.20. The number of carbonyl (C=O) groups is 2. The topological polar surface area (TPSA) is 66.4 Å². The second kappa shape index (κ2) is 5.39. The summed E-state index contributed by atoms with van der Waals surface area (Å²) in [5.74, 6) is -1.00. The molecule has 0 spiro atoms. The van der Waals surface area contributed by atoms with Gasteiger partial charge in [0.1, 0.15) is 0 Å². The number of rotatable bonds is 5. The Labute approximate surface area is 85.6 Å². The maximum Gasteiger partial charge on any atom is 0.303 e. The van der Waals surface area contributed by atoms with Gasteiger partial charge in [-0.25, -0.2) is 0 Å². The summed E-state index contributed by atoms with van der Waals surface area (Å²) in [7, 11) is 0. The Morgan fingerprint density at radius 2 is 2.21 bits per heavy atom. The molecule has 0 atom stereocenters. The third-order valence-electron chi connectivity index (χ3n) is 1.60. The van der Waals surface area contributed by atoms with Gasteiger partial charge in [-0.3, -0.25) is 9.59 Å². The number of aliphatic carboxylic acids is 1. The quantitative estimate of drug-likeness (QED) is 0.785. The molecule has 0 aliphatic rings. The minimum atomic E-state index is -0.867. The molecule has 0 aliphatic heterocycles. The van der Waals surface area contributed by atoms with Crippen LogP contribution in [0.5, 0.6) is 0 Å². The first-order valence-corrected chi connectivity index (χ1v) is 5.16. The molecule has 1 aromatic rings. The van der Waals surface area contributed by atoms with E-state index in [4.69, 9.17) is 5.11 Å². The van der Waals surface area contributed by atoms with Crippen LogP contribution in [0.1, 0.15) is 19.3 Å². The van der Waals surface area contributed by atoms with E-state index >= 15 is 0 Å². The van der Waals surface area contributed by atoms with Crippen molar-refractivity contribution >= 4 is 28.9 Å². The number of thiophene rings is 1. The van der Waals surface area contributed by atoms with Crippen molar-refractivity contribution in [2.45, 2.75) is 19.3 Å². The molecule has 1 amide bonds. The van der Waals surface area contributed by atoms with Crippen LogP contribution in [0.2, 0.25) is 0 Å². The smallest absolute Gasteiger partial charge is 0.303 e. The zero-order chi connectivity index (χ0) is 10.4. The Morgan fingerprint density at radius 1 is 1.43 bits per heavy atom. The molecule has 76 valence electrons. The van der Waals surface area contributed by atoms with Crippen molar-refractivity contribution in [3.8, 4) is 0 Å². The molecule has 14 heavy (non-hydrogen) atoms. The van der Waals surface area contributed by atoms with Crippen molar-refractivity contribution in [2.24, 2.45) is 0 Å². The lowest BCUT2D eigenvalue weighted by molar-refractivity contribution is -0.137. The van der Waals surface area contributed by atoms with Gasteiger partial charge in [0.25, 0.3) is 0 Å². The fraction of sp³-hybridized carbons (Fsp3) is 0.333. The number of hydrogen-bond acceptors (Lipinski definition) is 3. The van der Waals surface area contributed by atoms with Gasteiger partial charge in [0.15, 0.2) is 0 Å². The minimum absolute atomic E-state index is 0.0387. The minimum Gasteiger partial charge on any atom is -0.481 e. The number of nitrogens with one attached hydrogen (secondary N) is 1. The van der Waals surface area contributed by atoms with Crippen LogP contribution in [0.4, 0.5) is 5.69 Å². The molecule has 0 unspecified atom stereocenters. The fourth-order valence-electron chi connectivity index (χ4n) is 0.959. The van der Waals surface area contributed by atoms with Gasteiger partial charge >= 0.3 is 5.97 Å². The Hall–Kier alpha value is -1.36. The van der Waals surface area contributed by atoms with Gasteiger partial charge in [-0.2, -0.15) is 11.3 Å². The van der Waals surface area contributed by atoms with Crippen molar-refractivity contribution in [2.75, 3.05) is 5.32 Å². The van der Waals surface area contributed by atoms with Crippen molar-refractivity contribution in [1.29, 1.82) is 0 Å². The molecule has 0 aromatic carbocycles. The SMILES string of the molecule is O=C(O)CCCC(=O)Nc1ccsc1. The number of carbonyl (C=O) groups excluding carboxylic acids is 1. The van der Waals surface area contributed by atoms with Crippen LogP contribution in [0.15, 0.2) is 16.8 Å². The van der Waals surface area contributed by atoms with E-state index in [-0.39, 0.29) is 18.7 Å². The first kappa shape index (κ1) is 10.7. The lowest BCUT2D eigenvalue weighted by atomic mass is 10.2. The van der Waals surface area contributed by atoms with E-state index in [1.807, 2.05) is 10.8 Å². The van der Waals surface area contributed by atoms with Crippen LogP contribution in [0.25, 0.3) is 0 Å². The van der Waals surface area contributed by atoms with Crippen LogP contribution in [-0.4, -0.2) is 17.0 Å². The maximum absolute atomic E-state index is 11.2. The van der Waals surface area contributed by atoms with E-state index in [0.717, 1.165) is 5.69 Å². The number of carboxylic acids is 1. The number of hydrogen-bond donors (Lipinski definition) is 2. The third-order valence-corrected chi connectivity index (χ3v) is 2.28. The van der Waals surface area contributed by atoms with Crippen molar-refractivity contribution in [3.05, 3.63) is 16.8 Å². The molecule has 0 radical (unpaired) electrons. The lowest BCUT2D eigenvalue weighted by Crippen LogP contribution is -2.11. The molecule has 0 aliphatic carbocycles. The summed E-state index contributed by atoms with van der Waals surface area (Å²) >= 11 is 1.50. The lowest BCUT2D eigenvalue weighted by Gasteiger charge is -2.00. The summed E-state index contributed by atoms with van der Waals surface area (Å²) in [6.07, 6.45) is 0.671. The predicted molar refractivity (Wildman–Crippen MR) is 54.4 cm³/mol. The first-order valence-electron chi connectivity index (χ1n) is 4.22. The molecule has 0 saturated heterocycles. The molecule has 1 aromatic heterocycles. The highest BCUT2D eigenvalue weighted by molar-refractivity contribution is 7.08. The summed E-state index contributed by atoms with van der Waals surface area (Å²) in [6.45, 7) is 0. The van der Waals surface area contributed by atoms with Crippen LogP contribution in [0, 0.1) is 0 Å². The molecule has 0 fully saturated rings. The molecule has 5 heteroatoms. The molecule has 1 rings (SSSR count). The van der Waals surface area contributed by atoms with E-state index in [9.17, 15) is 9.59 Å². The molecule has 0 saturated carbocycles. The Kier molecular flexibility index (Phi) is 4.12. The standard InChI is InChI=1S/C9H11NO3S/c11-8(2-1-3-9(12)13)10-7-4-5-14-6-7/h4-6H,1-3H2,(H,10,11)(H,12,13). The van der Waals surface area contributed by atoms with Gasteiger partial charge in [0, 0.05) is 18.2 Å². The highest BCUT2D eigenvalue weighted by atomic mass is 32.1. The molecular formula is C9H11NO3S. The van der Waals surface area contributed by atoms with Gasteiger partial charge in [-0.05, 0) is 17.9 Å². The van der Waals surface area contributed by atoms with E-state index in [0.29, 0.717) is 6.42 Å². The molecular weight excluding hydrogens is 202 g/mol. The van der Waals surface area contributed by atoms with Gasteiger partial charge in [-0.1, -0.05) is 0 Å². The van der Waals surface area contributed by atoms with E-state index < -0.39 is 5.97 Å². The fourth-order valence-corrected chi connectivity index (χ4v) is 1.55. The van der Waals surface area contributed by atoms with Crippen molar-refractivity contribution < 1.29 is 14.7 Å². The number of anilines is 1. The zero-order valence-corrected chi connectivity index (χ0v) is 8.34. The highest BCUT2D eigenvalue weighted by Gasteiger charge is 2.04.